The van der Waals surface area contributed by atoms with Gasteiger partial charge in [0, 0.05) is 6.42 Å². The Morgan fingerprint density at radius 1 is 1.28 bits per heavy atom. The standard InChI is InChI=1S/C13H14N2O3/c16-11-7-6-10(13(18)15-11)14-12(17)8-9-4-2-1-3-5-9/h1-5,10H,6-8H2,(H,14,17)(H,15,16,18)/t10-/m1/s1. The van der Waals surface area contributed by atoms with Gasteiger partial charge in [0.2, 0.25) is 17.7 Å². The normalized spacial score (nSPS) is 19.2. The minimum absolute atomic E-state index is 0.212. The quantitative estimate of drug-likeness (QED) is 0.745. The van der Waals surface area contributed by atoms with Crippen LogP contribution in [0.5, 0.6) is 0 Å². The summed E-state index contributed by atoms with van der Waals surface area (Å²) in [5.74, 6) is -0.920. The topological polar surface area (TPSA) is 75.3 Å². The number of rotatable bonds is 3. The summed E-state index contributed by atoms with van der Waals surface area (Å²) >= 11 is 0. The van der Waals surface area contributed by atoms with E-state index in [1.54, 1.807) is 0 Å². The molecule has 1 aliphatic heterocycles. The van der Waals surface area contributed by atoms with Crippen LogP contribution in [0.25, 0.3) is 0 Å². The summed E-state index contributed by atoms with van der Waals surface area (Å²) in [4.78, 5) is 34.1. The van der Waals surface area contributed by atoms with Crippen molar-refractivity contribution in [1.82, 2.24) is 10.6 Å². The zero-order valence-corrected chi connectivity index (χ0v) is 9.81. The molecule has 1 aliphatic rings. The molecule has 1 aromatic rings. The summed E-state index contributed by atoms with van der Waals surface area (Å²) < 4.78 is 0. The molecule has 1 aromatic carbocycles. The lowest BCUT2D eigenvalue weighted by Gasteiger charge is -2.21. The van der Waals surface area contributed by atoms with Crippen molar-refractivity contribution in [3.8, 4) is 0 Å². The van der Waals surface area contributed by atoms with E-state index in [1.807, 2.05) is 30.3 Å². The van der Waals surface area contributed by atoms with Crippen LogP contribution < -0.4 is 10.6 Å². The molecule has 5 nitrogen and oxygen atoms in total. The third-order valence-electron chi connectivity index (χ3n) is 2.78. The average molecular weight is 246 g/mol. The van der Waals surface area contributed by atoms with Gasteiger partial charge in [0.05, 0.1) is 6.42 Å². The molecule has 1 heterocycles. The number of imide groups is 1. The first-order valence-electron chi connectivity index (χ1n) is 5.82. The van der Waals surface area contributed by atoms with Crippen molar-refractivity contribution < 1.29 is 14.4 Å². The van der Waals surface area contributed by atoms with Gasteiger partial charge in [0.25, 0.3) is 0 Å². The van der Waals surface area contributed by atoms with E-state index in [1.165, 1.54) is 0 Å². The maximum Gasteiger partial charge on any atom is 0.249 e. The fourth-order valence-corrected chi connectivity index (χ4v) is 1.86. The van der Waals surface area contributed by atoms with Crippen molar-refractivity contribution >= 4 is 17.7 Å². The van der Waals surface area contributed by atoms with E-state index in [9.17, 15) is 14.4 Å². The highest BCUT2D eigenvalue weighted by Crippen LogP contribution is 2.05. The molecule has 5 heteroatoms. The Balaban J connectivity index is 1.88. The maximum absolute atomic E-state index is 11.7. The number of amides is 3. The molecule has 18 heavy (non-hydrogen) atoms. The monoisotopic (exact) mass is 246 g/mol. The zero-order valence-electron chi connectivity index (χ0n) is 9.81. The van der Waals surface area contributed by atoms with Crippen molar-refractivity contribution in [3.63, 3.8) is 0 Å². The molecule has 0 unspecified atom stereocenters. The van der Waals surface area contributed by atoms with Gasteiger partial charge in [-0.1, -0.05) is 30.3 Å². The Bertz CT molecular complexity index is 470. The largest absolute Gasteiger partial charge is 0.344 e. The van der Waals surface area contributed by atoms with E-state index in [0.29, 0.717) is 6.42 Å². The van der Waals surface area contributed by atoms with Crippen molar-refractivity contribution in [2.45, 2.75) is 25.3 Å². The molecule has 0 aliphatic carbocycles. The SMILES string of the molecule is O=C1CC[C@@H](NC(=O)Cc2ccccc2)C(=O)N1. The Kier molecular flexibility index (Phi) is 3.72. The predicted molar refractivity (Wildman–Crippen MR) is 64.5 cm³/mol. The van der Waals surface area contributed by atoms with E-state index in [0.717, 1.165) is 5.56 Å². The van der Waals surface area contributed by atoms with E-state index in [4.69, 9.17) is 0 Å². The highest BCUT2D eigenvalue weighted by atomic mass is 16.2. The minimum atomic E-state index is -0.598. The van der Waals surface area contributed by atoms with Gasteiger partial charge in [-0.05, 0) is 12.0 Å². The maximum atomic E-state index is 11.7. The third-order valence-corrected chi connectivity index (χ3v) is 2.78. The van der Waals surface area contributed by atoms with Crippen LogP contribution in [0, 0.1) is 0 Å². The lowest BCUT2D eigenvalue weighted by Crippen LogP contribution is -2.52. The van der Waals surface area contributed by atoms with Gasteiger partial charge in [0.15, 0.2) is 0 Å². The number of piperidine rings is 1. The first-order valence-corrected chi connectivity index (χ1v) is 5.82. The van der Waals surface area contributed by atoms with Crippen molar-refractivity contribution in [2.75, 3.05) is 0 Å². The summed E-state index contributed by atoms with van der Waals surface area (Å²) in [5, 5.41) is 4.84. The highest BCUT2D eigenvalue weighted by Gasteiger charge is 2.27. The Labute approximate surface area is 105 Å². The number of hydrogen-bond donors (Lipinski definition) is 2. The molecule has 2 rings (SSSR count). The molecule has 3 amide bonds. The number of benzene rings is 1. The highest BCUT2D eigenvalue weighted by molar-refractivity contribution is 6.01. The lowest BCUT2D eigenvalue weighted by molar-refractivity contribution is -0.137. The second-order valence-corrected chi connectivity index (χ2v) is 4.23. The zero-order chi connectivity index (χ0) is 13.0. The molecule has 0 bridgehead atoms. The molecule has 0 aromatic heterocycles. The average Bonchev–Trinajstić information content (AvgIpc) is 2.34. The molecule has 0 spiro atoms. The Hall–Kier alpha value is -2.17. The van der Waals surface area contributed by atoms with Gasteiger partial charge in [-0.3, -0.25) is 19.7 Å². The molecule has 2 N–H and O–H groups in total. The first kappa shape index (κ1) is 12.3. The van der Waals surface area contributed by atoms with Gasteiger partial charge in [-0.2, -0.15) is 0 Å². The van der Waals surface area contributed by atoms with Gasteiger partial charge in [-0.15, -0.1) is 0 Å². The van der Waals surface area contributed by atoms with E-state index < -0.39 is 11.9 Å². The summed E-state index contributed by atoms with van der Waals surface area (Å²) in [6.07, 6.45) is 0.867. The third kappa shape index (κ3) is 3.16. The summed E-state index contributed by atoms with van der Waals surface area (Å²) in [7, 11) is 0. The molecule has 0 saturated carbocycles. The molecule has 0 radical (unpaired) electrons. The smallest absolute Gasteiger partial charge is 0.249 e. The summed E-state index contributed by atoms with van der Waals surface area (Å²) in [5.41, 5.74) is 0.891. The molecule has 94 valence electrons. The summed E-state index contributed by atoms with van der Waals surface area (Å²) in [6, 6.07) is 8.69. The van der Waals surface area contributed by atoms with Crippen molar-refractivity contribution in [2.24, 2.45) is 0 Å². The van der Waals surface area contributed by atoms with Crippen LogP contribution in [-0.2, 0) is 20.8 Å². The van der Waals surface area contributed by atoms with Crippen LogP contribution in [0.4, 0.5) is 0 Å². The van der Waals surface area contributed by atoms with Crippen LogP contribution in [0.15, 0.2) is 30.3 Å². The van der Waals surface area contributed by atoms with E-state index in [2.05, 4.69) is 10.6 Å². The van der Waals surface area contributed by atoms with Crippen LogP contribution in [0.2, 0.25) is 0 Å². The minimum Gasteiger partial charge on any atom is -0.344 e. The number of hydrogen-bond acceptors (Lipinski definition) is 3. The Morgan fingerprint density at radius 2 is 2.00 bits per heavy atom. The van der Waals surface area contributed by atoms with Gasteiger partial charge < -0.3 is 5.32 Å². The predicted octanol–water partition coefficient (Wildman–Crippen LogP) is 0.150. The molecule has 1 fully saturated rings. The molecular weight excluding hydrogens is 232 g/mol. The van der Waals surface area contributed by atoms with Crippen molar-refractivity contribution in [1.29, 1.82) is 0 Å². The van der Waals surface area contributed by atoms with E-state index in [-0.39, 0.29) is 24.7 Å². The van der Waals surface area contributed by atoms with Gasteiger partial charge in [-0.25, -0.2) is 0 Å². The number of carbonyl (C=O) groups excluding carboxylic acids is 3. The molecular formula is C13H14N2O3. The second-order valence-electron chi connectivity index (χ2n) is 4.23. The second kappa shape index (κ2) is 5.44. The van der Waals surface area contributed by atoms with Crippen LogP contribution in [0.1, 0.15) is 18.4 Å². The molecule has 1 saturated heterocycles. The van der Waals surface area contributed by atoms with Crippen LogP contribution in [-0.4, -0.2) is 23.8 Å². The van der Waals surface area contributed by atoms with E-state index >= 15 is 0 Å². The van der Waals surface area contributed by atoms with Crippen molar-refractivity contribution in [3.05, 3.63) is 35.9 Å². The van der Waals surface area contributed by atoms with Gasteiger partial charge in [0.1, 0.15) is 6.04 Å². The fraction of sp³-hybridized carbons (Fsp3) is 0.308. The fourth-order valence-electron chi connectivity index (χ4n) is 1.86. The lowest BCUT2D eigenvalue weighted by atomic mass is 10.1. The summed E-state index contributed by atoms with van der Waals surface area (Å²) in [6.45, 7) is 0. The molecule has 1 atom stereocenters. The number of carbonyl (C=O) groups is 3. The van der Waals surface area contributed by atoms with Crippen LogP contribution in [0.3, 0.4) is 0 Å². The van der Waals surface area contributed by atoms with Crippen LogP contribution >= 0.6 is 0 Å². The Morgan fingerprint density at radius 3 is 2.67 bits per heavy atom. The van der Waals surface area contributed by atoms with Gasteiger partial charge >= 0.3 is 0 Å². The first-order chi connectivity index (χ1) is 8.65. The number of nitrogens with one attached hydrogen (secondary N) is 2.